The van der Waals surface area contributed by atoms with E-state index in [2.05, 4.69) is 10.4 Å². The molecule has 4 aromatic rings. The molecule has 0 fully saturated rings. The Morgan fingerprint density at radius 3 is 2.37 bits per heavy atom. The highest BCUT2D eigenvalue weighted by atomic mass is 35.5. The molecule has 7 nitrogen and oxygen atoms in total. The SMILES string of the molecule is CC.CC1=C(C(=O)N(C)S(=O)(=O)c2ccc3ccc(Cl)cc3c2)C(c2ccc(Cl)c(Cl)c2)n2nccc2N1. The number of allylic oxidation sites excluding steroid dienone is 1. The third-order valence-corrected chi connectivity index (χ3v) is 8.83. The lowest BCUT2D eigenvalue weighted by molar-refractivity contribution is -0.122. The summed E-state index contributed by atoms with van der Waals surface area (Å²) in [6.07, 6.45) is 1.59. The first-order valence-electron chi connectivity index (χ1n) is 11.8. The van der Waals surface area contributed by atoms with E-state index in [9.17, 15) is 13.2 Å². The van der Waals surface area contributed by atoms with Crippen LogP contribution in [0.15, 0.2) is 83.0 Å². The van der Waals surface area contributed by atoms with E-state index in [4.69, 9.17) is 34.8 Å². The van der Waals surface area contributed by atoms with Crippen LogP contribution in [0.25, 0.3) is 10.8 Å². The van der Waals surface area contributed by atoms with Gasteiger partial charge in [-0.15, -0.1) is 0 Å². The molecule has 0 saturated heterocycles. The van der Waals surface area contributed by atoms with E-state index >= 15 is 0 Å². The van der Waals surface area contributed by atoms with Crippen molar-refractivity contribution in [2.75, 3.05) is 12.4 Å². The van der Waals surface area contributed by atoms with E-state index < -0.39 is 22.0 Å². The fourth-order valence-electron chi connectivity index (χ4n) is 4.27. The molecule has 1 aromatic heterocycles. The van der Waals surface area contributed by atoms with Gasteiger partial charge < -0.3 is 5.32 Å². The van der Waals surface area contributed by atoms with E-state index in [1.165, 1.54) is 19.2 Å². The molecule has 11 heteroatoms. The Morgan fingerprint density at radius 2 is 1.66 bits per heavy atom. The van der Waals surface area contributed by atoms with Crippen LogP contribution in [0.4, 0.5) is 5.82 Å². The summed E-state index contributed by atoms with van der Waals surface area (Å²) < 4.78 is 29.5. The van der Waals surface area contributed by atoms with Gasteiger partial charge in [0, 0.05) is 23.8 Å². The third kappa shape index (κ3) is 5.01. The maximum atomic E-state index is 13.8. The van der Waals surface area contributed by atoms with Gasteiger partial charge in [0.2, 0.25) is 0 Å². The number of fused-ring (bicyclic) bond motifs is 2. The van der Waals surface area contributed by atoms with Gasteiger partial charge >= 0.3 is 0 Å². The number of sulfonamides is 1. The largest absolute Gasteiger partial charge is 0.344 e. The molecule has 5 rings (SSSR count). The molecule has 0 radical (unpaired) electrons. The number of amides is 1. The normalized spacial score (nSPS) is 14.9. The van der Waals surface area contributed by atoms with Crippen molar-refractivity contribution < 1.29 is 13.2 Å². The van der Waals surface area contributed by atoms with Crippen molar-refractivity contribution in [3.05, 3.63) is 98.8 Å². The van der Waals surface area contributed by atoms with Gasteiger partial charge in [-0.1, -0.05) is 66.8 Å². The van der Waals surface area contributed by atoms with Gasteiger partial charge in [0.15, 0.2) is 0 Å². The predicted molar refractivity (Wildman–Crippen MR) is 153 cm³/mol. The monoisotopic (exact) mass is 590 g/mol. The summed E-state index contributed by atoms with van der Waals surface area (Å²) in [6, 6.07) is 15.9. The highest BCUT2D eigenvalue weighted by molar-refractivity contribution is 7.89. The maximum Gasteiger partial charge on any atom is 0.267 e. The average Bonchev–Trinajstić information content (AvgIpc) is 3.37. The van der Waals surface area contributed by atoms with Crippen LogP contribution >= 0.6 is 34.8 Å². The third-order valence-electron chi connectivity index (χ3n) is 6.12. The molecular formula is C27H25Cl3N4O3S. The summed E-state index contributed by atoms with van der Waals surface area (Å²) in [4.78, 5) is 13.8. The molecule has 3 aromatic carbocycles. The van der Waals surface area contributed by atoms with Crippen molar-refractivity contribution in [2.24, 2.45) is 0 Å². The van der Waals surface area contributed by atoms with Crippen molar-refractivity contribution in [2.45, 2.75) is 31.7 Å². The van der Waals surface area contributed by atoms with Gasteiger partial charge in [0.25, 0.3) is 15.9 Å². The van der Waals surface area contributed by atoms with Gasteiger partial charge in [-0.3, -0.25) is 4.79 Å². The zero-order valence-electron chi connectivity index (χ0n) is 21.0. The van der Waals surface area contributed by atoms with Crippen molar-refractivity contribution in [3.63, 3.8) is 0 Å². The summed E-state index contributed by atoms with van der Waals surface area (Å²) in [5, 5.41) is 10.1. The number of hydrogen-bond donors (Lipinski definition) is 1. The molecule has 0 saturated carbocycles. The van der Waals surface area contributed by atoms with Gasteiger partial charge in [0.1, 0.15) is 11.9 Å². The number of hydrogen-bond acceptors (Lipinski definition) is 5. The summed E-state index contributed by atoms with van der Waals surface area (Å²) >= 11 is 18.5. The molecule has 2 heterocycles. The number of carbonyl (C=O) groups excluding carboxylic acids is 1. The van der Waals surface area contributed by atoms with Crippen LogP contribution in [0.3, 0.4) is 0 Å². The first-order chi connectivity index (χ1) is 18.1. The molecule has 1 unspecified atom stereocenters. The molecule has 1 N–H and O–H groups in total. The molecular weight excluding hydrogens is 567 g/mol. The van der Waals surface area contributed by atoms with Gasteiger partial charge in [-0.05, 0) is 59.7 Å². The van der Waals surface area contributed by atoms with E-state index in [0.29, 0.717) is 37.5 Å². The number of anilines is 1. The van der Waals surface area contributed by atoms with E-state index in [1.807, 2.05) is 13.8 Å². The standard InChI is InChI=1S/C25H19Cl3N4O3S.C2H6/c1-14-23(24(32-22(30-14)9-10-29-32)16-5-8-20(27)21(28)13-16)25(33)31(2)36(34,35)19-7-4-15-3-6-18(26)11-17(15)12-19;1-2/h3-13,24,30H,1-2H3;1-2H3. The van der Waals surface area contributed by atoms with Crippen LogP contribution in [0, 0.1) is 0 Å². The van der Waals surface area contributed by atoms with Crippen molar-refractivity contribution >= 4 is 67.3 Å². The minimum atomic E-state index is -4.20. The quantitative estimate of drug-likeness (QED) is 0.272. The zero-order chi connectivity index (χ0) is 27.8. The Kier molecular flexibility index (Phi) is 8.09. The Bertz CT molecular complexity index is 1680. The second-order valence-corrected chi connectivity index (χ2v) is 11.6. The number of nitrogens with zero attached hydrogens (tertiary/aromatic N) is 3. The Balaban J connectivity index is 0.00000164. The molecule has 1 atom stereocenters. The molecule has 0 spiro atoms. The van der Waals surface area contributed by atoms with Crippen LogP contribution in [0.1, 0.15) is 32.4 Å². The summed E-state index contributed by atoms with van der Waals surface area (Å²) in [7, 11) is -2.96. The first kappa shape index (κ1) is 28.0. The fourth-order valence-corrected chi connectivity index (χ4v) is 5.90. The Morgan fingerprint density at radius 1 is 0.947 bits per heavy atom. The summed E-state index contributed by atoms with van der Waals surface area (Å²) in [5.41, 5.74) is 1.33. The molecule has 0 bridgehead atoms. The van der Waals surface area contributed by atoms with E-state index in [1.54, 1.807) is 66.3 Å². The van der Waals surface area contributed by atoms with Gasteiger partial charge in [-0.2, -0.15) is 5.10 Å². The molecule has 198 valence electrons. The smallest absolute Gasteiger partial charge is 0.267 e. The van der Waals surface area contributed by atoms with Crippen LogP contribution in [0.5, 0.6) is 0 Å². The summed E-state index contributed by atoms with van der Waals surface area (Å²) in [6.45, 7) is 5.72. The highest BCUT2D eigenvalue weighted by Gasteiger charge is 2.37. The topological polar surface area (TPSA) is 84.3 Å². The average molecular weight is 592 g/mol. The lowest BCUT2D eigenvalue weighted by Crippen LogP contribution is -2.39. The van der Waals surface area contributed by atoms with Crippen molar-refractivity contribution in [1.82, 2.24) is 14.1 Å². The van der Waals surface area contributed by atoms with Crippen LogP contribution in [0.2, 0.25) is 15.1 Å². The van der Waals surface area contributed by atoms with Crippen molar-refractivity contribution in [3.8, 4) is 0 Å². The molecule has 0 aliphatic carbocycles. The lowest BCUT2D eigenvalue weighted by Gasteiger charge is -2.31. The van der Waals surface area contributed by atoms with E-state index in [0.717, 1.165) is 9.69 Å². The van der Waals surface area contributed by atoms with E-state index in [-0.39, 0.29) is 10.5 Å². The number of carbonyl (C=O) groups is 1. The number of halogens is 3. The van der Waals surface area contributed by atoms with Crippen molar-refractivity contribution in [1.29, 1.82) is 0 Å². The zero-order valence-corrected chi connectivity index (χ0v) is 24.1. The molecule has 38 heavy (non-hydrogen) atoms. The predicted octanol–water partition coefficient (Wildman–Crippen LogP) is 7.16. The molecule has 1 aliphatic heterocycles. The van der Waals surface area contributed by atoms with Gasteiger partial charge in [-0.25, -0.2) is 17.4 Å². The second-order valence-electron chi connectivity index (χ2n) is 8.33. The minimum absolute atomic E-state index is 0.0268. The number of nitrogens with one attached hydrogen (secondary N) is 1. The van der Waals surface area contributed by atoms with Gasteiger partial charge in [0.05, 0.1) is 26.7 Å². The Labute approximate surface area is 236 Å². The number of benzene rings is 3. The minimum Gasteiger partial charge on any atom is -0.344 e. The molecule has 1 aliphatic rings. The molecule has 1 amide bonds. The fraction of sp³-hybridized carbons (Fsp3) is 0.185. The van der Waals surface area contributed by atoms with Crippen LogP contribution in [-0.2, 0) is 14.8 Å². The second kappa shape index (κ2) is 11.0. The highest BCUT2D eigenvalue weighted by Crippen LogP contribution is 2.39. The lowest BCUT2D eigenvalue weighted by atomic mass is 9.95. The number of likely N-dealkylation sites (N-methyl/N-ethyl adjacent to an activating group) is 1. The number of rotatable bonds is 4. The van der Waals surface area contributed by atoms with Crippen LogP contribution < -0.4 is 5.32 Å². The number of aromatic nitrogens is 2. The summed E-state index contributed by atoms with van der Waals surface area (Å²) in [5.74, 6) is -0.0551. The maximum absolute atomic E-state index is 13.8. The van der Waals surface area contributed by atoms with Crippen LogP contribution in [-0.4, -0.2) is 35.5 Å². The Hall–Kier alpha value is -3.04. The first-order valence-corrected chi connectivity index (χ1v) is 14.3.